The van der Waals surface area contributed by atoms with Crippen LogP contribution in [0, 0.1) is 0 Å². The maximum atomic E-state index is 11.4. The molecule has 1 unspecified atom stereocenters. The molecule has 0 fully saturated rings. The summed E-state index contributed by atoms with van der Waals surface area (Å²) in [5.74, 6) is -0.328. The van der Waals surface area contributed by atoms with E-state index in [0.29, 0.717) is 18.2 Å². The van der Waals surface area contributed by atoms with Crippen LogP contribution in [0.15, 0.2) is 22.7 Å². The van der Waals surface area contributed by atoms with Crippen LogP contribution in [0.1, 0.15) is 29.3 Å². The zero-order chi connectivity index (χ0) is 14.3. The first kappa shape index (κ1) is 16.1. The van der Waals surface area contributed by atoms with Crippen LogP contribution in [-0.4, -0.2) is 32.8 Å². The van der Waals surface area contributed by atoms with Crippen molar-refractivity contribution in [3.05, 3.63) is 33.8 Å². The van der Waals surface area contributed by atoms with Gasteiger partial charge in [-0.2, -0.15) is 0 Å². The van der Waals surface area contributed by atoms with Crippen LogP contribution >= 0.6 is 15.9 Å². The summed E-state index contributed by atoms with van der Waals surface area (Å²) in [5.41, 5.74) is 1.64. The molecule has 0 bridgehead atoms. The number of nitrogens with one attached hydrogen (secondary N) is 1. The number of carbonyl (C=O) groups excluding carboxylic acids is 1. The lowest BCUT2D eigenvalue weighted by Crippen LogP contribution is -2.32. The van der Waals surface area contributed by atoms with E-state index < -0.39 is 0 Å². The number of esters is 1. The van der Waals surface area contributed by atoms with E-state index in [2.05, 4.69) is 32.9 Å². The van der Waals surface area contributed by atoms with Gasteiger partial charge in [0.05, 0.1) is 19.3 Å². The molecule has 1 rings (SSSR count). The van der Waals surface area contributed by atoms with E-state index in [1.807, 2.05) is 6.07 Å². The Morgan fingerprint density at radius 2 is 2.16 bits per heavy atom. The van der Waals surface area contributed by atoms with Crippen molar-refractivity contribution in [3.63, 3.8) is 0 Å². The molecule has 0 aliphatic carbocycles. The van der Waals surface area contributed by atoms with Gasteiger partial charge in [0.15, 0.2) is 0 Å². The number of hydrogen-bond donors (Lipinski definition) is 1. The van der Waals surface area contributed by atoms with Crippen molar-refractivity contribution in [1.82, 2.24) is 5.32 Å². The fourth-order valence-electron chi connectivity index (χ4n) is 1.71. The molecular formula is C14H20BrNO3. The Balaban J connectivity index is 2.67. The van der Waals surface area contributed by atoms with Gasteiger partial charge >= 0.3 is 5.97 Å². The molecule has 0 amide bonds. The van der Waals surface area contributed by atoms with E-state index in [-0.39, 0.29) is 5.97 Å². The van der Waals surface area contributed by atoms with Crippen molar-refractivity contribution < 1.29 is 14.3 Å². The minimum Gasteiger partial charge on any atom is -0.465 e. The summed E-state index contributed by atoms with van der Waals surface area (Å²) in [4.78, 5) is 11.4. The average Bonchev–Trinajstić information content (AvgIpc) is 2.43. The van der Waals surface area contributed by atoms with Crippen molar-refractivity contribution in [3.8, 4) is 0 Å². The fraction of sp³-hybridized carbons (Fsp3) is 0.500. The number of hydrogen-bond acceptors (Lipinski definition) is 4. The predicted molar refractivity (Wildman–Crippen MR) is 78.3 cm³/mol. The first-order valence-corrected chi connectivity index (χ1v) is 7.00. The Hall–Kier alpha value is -0.910. The Labute approximate surface area is 122 Å². The molecule has 106 valence electrons. The number of ether oxygens (including phenoxy) is 2. The van der Waals surface area contributed by atoms with E-state index >= 15 is 0 Å². The van der Waals surface area contributed by atoms with E-state index in [1.54, 1.807) is 19.2 Å². The van der Waals surface area contributed by atoms with Gasteiger partial charge in [0.25, 0.3) is 0 Å². The van der Waals surface area contributed by atoms with Gasteiger partial charge in [-0.3, -0.25) is 0 Å². The van der Waals surface area contributed by atoms with Crippen LogP contribution in [0.25, 0.3) is 0 Å². The number of benzene rings is 1. The minimum absolute atomic E-state index is 0.328. The molecule has 1 aromatic carbocycles. The van der Waals surface area contributed by atoms with Gasteiger partial charge in [-0.05, 0) is 24.1 Å². The second-order valence-electron chi connectivity index (χ2n) is 4.24. The van der Waals surface area contributed by atoms with Crippen LogP contribution in [0.2, 0.25) is 0 Å². The first-order chi connectivity index (χ1) is 9.12. The highest BCUT2D eigenvalue weighted by Gasteiger charge is 2.10. The zero-order valence-corrected chi connectivity index (χ0v) is 13.1. The number of rotatable bonds is 7. The fourth-order valence-corrected chi connectivity index (χ4v) is 2.23. The Morgan fingerprint density at radius 3 is 2.68 bits per heavy atom. The molecule has 5 heteroatoms. The average molecular weight is 330 g/mol. The molecule has 0 heterocycles. The van der Waals surface area contributed by atoms with Gasteiger partial charge in [-0.15, -0.1) is 0 Å². The summed E-state index contributed by atoms with van der Waals surface area (Å²) < 4.78 is 10.7. The number of methoxy groups -OCH3 is 2. The van der Waals surface area contributed by atoms with Crippen LogP contribution in [-0.2, 0) is 16.0 Å². The zero-order valence-electron chi connectivity index (χ0n) is 11.5. The molecule has 1 atom stereocenters. The van der Waals surface area contributed by atoms with Crippen LogP contribution in [0.4, 0.5) is 0 Å². The summed E-state index contributed by atoms with van der Waals surface area (Å²) in [7, 11) is 3.08. The third-order valence-electron chi connectivity index (χ3n) is 2.92. The smallest absolute Gasteiger partial charge is 0.337 e. The van der Waals surface area contributed by atoms with Gasteiger partial charge in [-0.1, -0.05) is 28.9 Å². The molecule has 0 saturated heterocycles. The molecule has 4 nitrogen and oxygen atoms in total. The van der Waals surface area contributed by atoms with Crippen molar-refractivity contribution in [1.29, 1.82) is 0 Å². The van der Waals surface area contributed by atoms with Crippen LogP contribution < -0.4 is 5.32 Å². The Kier molecular flexibility index (Phi) is 7.05. The summed E-state index contributed by atoms with van der Waals surface area (Å²) in [5, 5.41) is 3.42. The van der Waals surface area contributed by atoms with Crippen molar-refractivity contribution >= 4 is 21.9 Å². The molecule has 0 aromatic heterocycles. The molecule has 0 spiro atoms. The molecule has 1 N–H and O–H groups in total. The maximum absolute atomic E-state index is 11.4. The lowest BCUT2D eigenvalue weighted by atomic mass is 10.1. The Bertz CT molecular complexity index is 423. The maximum Gasteiger partial charge on any atom is 0.337 e. The van der Waals surface area contributed by atoms with E-state index in [0.717, 1.165) is 23.0 Å². The van der Waals surface area contributed by atoms with Gasteiger partial charge in [0.1, 0.15) is 0 Å². The van der Waals surface area contributed by atoms with Crippen molar-refractivity contribution in [2.75, 3.05) is 20.8 Å². The predicted octanol–water partition coefficient (Wildman–Crippen LogP) is 2.75. The second kappa shape index (κ2) is 8.30. The molecule has 0 aliphatic heterocycles. The standard InChI is InChI=1S/C14H20BrNO3/c1-4-12(9-18-2)16-8-11-6-5-10(7-13(11)15)14(17)19-3/h5-7,12,16H,4,8-9H2,1-3H3. The van der Waals surface area contributed by atoms with Gasteiger partial charge in [-0.25, -0.2) is 4.79 Å². The molecule has 0 saturated carbocycles. The third-order valence-corrected chi connectivity index (χ3v) is 3.65. The molecule has 0 aliphatic rings. The van der Waals surface area contributed by atoms with Gasteiger partial charge in [0.2, 0.25) is 0 Å². The van der Waals surface area contributed by atoms with E-state index in [1.165, 1.54) is 7.11 Å². The highest BCUT2D eigenvalue weighted by atomic mass is 79.9. The minimum atomic E-state index is -0.328. The highest BCUT2D eigenvalue weighted by molar-refractivity contribution is 9.10. The van der Waals surface area contributed by atoms with Crippen molar-refractivity contribution in [2.24, 2.45) is 0 Å². The topological polar surface area (TPSA) is 47.6 Å². The third kappa shape index (κ3) is 4.93. The monoisotopic (exact) mass is 329 g/mol. The lowest BCUT2D eigenvalue weighted by molar-refractivity contribution is 0.0600. The van der Waals surface area contributed by atoms with Crippen molar-refractivity contribution in [2.45, 2.75) is 25.9 Å². The Morgan fingerprint density at radius 1 is 1.42 bits per heavy atom. The normalized spacial score (nSPS) is 12.2. The van der Waals surface area contributed by atoms with E-state index in [9.17, 15) is 4.79 Å². The van der Waals surface area contributed by atoms with Gasteiger partial charge in [0, 0.05) is 24.2 Å². The summed E-state index contributed by atoms with van der Waals surface area (Å²) in [6.07, 6.45) is 1.01. The van der Waals surface area contributed by atoms with Crippen LogP contribution in [0.3, 0.4) is 0 Å². The number of carbonyl (C=O) groups is 1. The molecular weight excluding hydrogens is 310 g/mol. The quantitative estimate of drug-likeness (QED) is 0.781. The second-order valence-corrected chi connectivity index (χ2v) is 5.09. The lowest BCUT2D eigenvalue weighted by Gasteiger charge is -2.16. The largest absolute Gasteiger partial charge is 0.465 e. The first-order valence-electron chi connectivity index (χ1n) is 6.21. The molecule has 19 heavy (non-hydrogen) atoms. The van der Waals surface area contributed by atoms with E-state index in [4.69, 9.17) is 4.74 Å². The summed E-state index contributed by atoms with van der Waals surface area (Å²) in [6, 6.07) is 5.80. The SMILES string of the molecule is CCC(COC)NCc1ccc(C(=O)OC)cc1Br. The summed E-state index contributed by atoms with van der Waals surface area (Å²) >= 11 is 3.48. The molecule has 0 radical (unpaired) electrons. The highest BCUT2D eigenvalue weighted by Crippen LogP contribution is 2.19. The van der Waals surface area contributed by atoms with Crippen LogP contribution in [0.5, 0.6) is 0 Å². The summed E-state index contributed by atoms with van der Waals surface area (Å²) in [6.45, 7) is 3.53. The van der Waals surface area contributed by atoms with Gasteiger partial charge < -0.3 is 14.8 Å². The number of halogens is 1. The molecule has 1 aromatic rings.